The highest BCUT2D eigenvalue weighted by Gasteiger charge is 2.18. The van der Waals surface area contributed by atoms with Gasteiger partial charge in [0.05, 0.1) is 6.10 Å². The highest BCUT2D eigenvalue weighted by Crippen LogP contribution is 2.27. The minimum Gasteiger partial charge on any atom is -0.393 e. The van der Waals surface area contributed by atoms with Gasteiger partial charge in [-0.15, -0.1) is 4.91 Å². The molecule has 0 aliphatic carbocycles. The number of aryl methyl sites for hydroxylation is 1. The zero-order valence-electron chi connectivity index (χ0n) is 9.39. The number of hydrogen-bond donors (Lipinski definition) is 1. The number of aliphatic hydroxyl groups is 1. The van der Waals surface area contributed by atoms with Crippen LogP contribution in [0.2, 0.25) is 0 Å². The first-order chi connectivity index (χ1) is 7.70. The summed E-state index contributed by atoms with van der Waals surface area (Å²) in [5.41, 5.74) is 2.67. The van der Waals surface area contributed by atoms with Crippen LogP contribution in [0.4, 0.5) is 11.4 Å². The lowest BCUT2D eigenvalue weighted by Gasteiger charge is -2.32. The van der Waals surface area contributed by atoms with Gasteiger partial charge in [0.1, 0.15) is 5.69 Å². The molecule has 0 radical (unpaired) electrons. The molecule has 0 aromatic heterocycles. The molecule has 1 aromatic carbocycles. The van der Waals surface area contributed by atoms with Crippen molar-refractivity contribution in [1.29, 1.82) is 0 Å². The van der Waals surface area contributed by atoms with E-state index in [0.29, 0.717) is 5.69 Å². The van der Waals surface area contributed by atoms with E-state index in [1.54, 1.807) is 12.1 Å². The lowest BCUT2D eigenvalue weighted by atomic mass is 10.1. The zero-order valence-corrected chi connectivity index (χ0v) is 9.39. The molecule has 0 unspecified atom stereocenters. The molecule has 1 aliphatic heterocycles. The van der Waals surface area contributed by atoms with Crippen molar-refractivity contribution in [2.75, 3.05) is 18.0 Å². The summed E-state index contributed by atoms with van der Waals surface area (Å²) in [5.74, 6) is 0. The van der Waals surface area contributed by atoms with Crippen molar-refractivity contribution in [1.82, 2.24) is 0 Å². The van der Waals surface area contributed by atoms with Gasteiger partial charge >= 0.3 is 0 Å². The molecule has 0 saturated carbocycles. The second-order valence-corrected chi connectivity index (χ2v) is 4.28. The van der Waals surface area contributed by atoms with Gasteiger partial charge in [-0.25, -0.2) is 0 Å². The van der Waals surface area contributed by atoms with Crippen molar-refractivity contribution in [3.05, 3.63) is 28.7 Å². The normalized spacial score (nSPS) is 17.5. The molecule has 1 heterocycles. The maximum absolute atomic E-state index is 10.4. The summed E-state index contributed by atoms with van der Waals surface area (Å²) in [6.07, 6.45) is 1.47. The largest absolute Gasteiger partial charge is 0.393 e. The Morgan fingerprint density at radius 1 is 1.38 bits per heavy atom. The summed E-state index contributed by atoms with van der Waals surface area (Å²) in [5, 5.41) is 12.4. The van der Waals surface area contributed by atoms with Crippen LogP contribution in [0.15, 0.2) is 23.4 Å². The van der Waals surface area contributed by atoms with Gasteiger partial charge in [-0.05, 0) is 48.7 Å². The highest BCUT2D eigenvalue weighted by atomic mass is 16.3. The van der Waals surface area contributed by atoms with Crippen LogP contribution >= 0.6 is 0 Å². The maximum atomic E-state index is 10.4. The minimum atomic E-state index is -0.160. The highest BCUT2D eigenvalue weighted by molar-refractivity contribution is 5.59. The molecule has 1 fully saturated rings. The summed E-state index contributed by atoms with van der Waals surface area (Å²) in [4.78, 5) is 12.6. The van der Waals surface area contributed by atoms with Crippen molar-refractivity contribution < 1.29 is 5.11 Å². The first-order valence-corrected chi connectivity index (χ1v) is 5.57. The number of rotatable bonds is 2. The van der Waals surface area contributed by atoms with Crippen LogP contribution < -0.4 is 4.90 Å². The molecule has 4 nitrogen and oxygen atoms in total. The van der Waals surface area contributed by atoms with E-state index in [-0.39, 0.29) is 6.10 Å². The Kier molecular flexibility index (Phi) is 3.19. The molecule has 1 N–H and O–H groups in total. The monoisotopic (exact) mass is 220 g/mol. The van der Waals surface area contributed by atoms with Gasteiger partial charge < -0.3 is 10.0 Å². The Hall–Kier alpha value is -1.42. The molecule has 1 aromatic rings. The van der Waals surface area contributed by atoms with Crippen LogP contribution in [-0.4, -0.2) is 24.3 Å². The van der Waals surface area contributed by atoms with Crippen LogP contribution in [0.1, 0.15) is 18.4 Å². The molecule has 0 bridgehead atoms. The Morgan fingerprint density at radius 3 is 2.62 bits per heavy atom. The third-order valence-electron chi connectivity index (χ3n) is 3.09. The first kappa shape index (κ1) is 11.1. The Balaban J connectivity index is 2.17. The summed E-state index contributed by atoms with van der Waals surface area (Å²) in [7, 11) is 0. The average Bonchev–Trinajstić information content (AvgIpc) is 2.30. The second kappa shape index (κ2) is 4.61. The summed E-state index contributed by atoms with van der Waals surface area (Å²) in [6.45, 7) is 3.72. The Bertz CT molecular complexity index is 385. The topological polar surface area (TPSA) is 52.9 Å². The zero-order chi connectivity index (χ0) is 11.5. The molecule has 16 heavy (non-hydrogen) atoms. The van der Waals surface area contributed by atoms with E-state index in [1.807, 2.05) is 13.0 Å². The van der Waals surface area contributed by atoms with Crippen molar-refractivity contribution >= 4 is 11.4 Å². The molecule has 0 spiro atoms. The predicted octanol–water partition coefficient (Wildman–Crippen LogP) is 2.35. The van der Waals surface area contributed by atoms with E-state index in [9.17, 15) is 10.0 Å². The Morgan fingerprint density at radius 2 is 2.06 bits per heavy atom. The van der Waals surface area contributed by atoms with Gasteiger partial charge in [0.2, 0.25) is 0 Å². The van der Waals surface area contributed by atoms with Crippen LogP contribution in [0.3, 0.4) is 0 Å². The van der Waals surface area contributed by atoms with E-state index in [4.69, 9.17) is 0 Å². The number of hydrogen-bond acceptors (Lipinski definition) is 4. The maximum Gasteiger partial charge on any atom is 0.108 e. The standard InChI is InChI=1S/C12H16N2O2/c1-9-8-10(13-16)2-3-12(9)14-6-4-11(15)5-7-14/h2-3,8,11,15H,4-7H2,1H3. The molecule has 1 saturated heterocycles. The van der Waals surface area contributed by atoms with Crippen molar-refractivity contribution in [3.63, 3.8) is 0 Å². The number of anilines is 1. The smallest absolute Gasteiger partial charge is 0.108 e. The molecular formula is C12H16N2O2. The third kappa shape index (κ3) is 2.22. The minimum absolute atomic E-state index is 0.160. The summed E-state index contributed by atoms with van der Waals surface area (Å²) >= 11 is 0. The van der Waals surface area contributed by atoms with Gasteiger partial charge in [0.15, 0.2) is 0 Å². The SMILES string of the molecule is Cc1cc(N=O)ccc1N1CCC(O)CC1. The van der Waals surface area contributed by atoms with E-state index < -0.39 is 0 Å². The van der Waals surface area contributed by atoms with E-state index in [1.165, 1.54) is 0 Å². The average molecular weight is 220 g/mol. The molecule has 4 heteroatoms. The molecular weight excluding hydrogens is 204 g/mol. The fourth-order valence-electron chi connectivity index (χ4n) is 2.16. The molecule has 0 atom stereocenters. The lowest BCUT2D eigenvalue weighted by molar-refractivity contribution is 0.145. The van der Waals surface area contributed by atoms with Gasteiger partial charge in [0, 0.05) is 18.8 Å². The first-order valence-electron chi connectivity index (χ1n) is 5.57. The van der Waals surface area contributed by atoms with E-state index >= 15 is 0 Å². The fourth-order valence-corrected chi connectivity index (χ4v) is 2.16. The quantitative estimate of drug-likeness (QED) is 0.778. The number of piperidine rings is 1. The van der Waals surface area contributed by atoms with Crippen LogP contribution in [-0.2, 0) is 0 Å². The molecule has 2 rings (SSSR count). The van der Waals surface area contributed by atoms with Gasteiger partial charge in [-0.1, -0.05) is 0 Å². The predicted molar refractivity (Wildman–Crippen MR) is 64.1 cm³/mol. The molecule has 86 valence electrons. The van der Waals surface area contributed by atoms with Crippen LogP contribution in [0.5, 0.6) is 0 Å². The number of benzene rings is 1. The van der Waals surface area contributed by atoms with Crippen molar-refractivity contribution in [2.24, 2.45) is 5.18 Å². The van der Waals surface area contributed by atoms with Crippen LogP contribution in [0, 0.1) is 11.8 Å². The van der Waals surface area contributed by atoms with Gasteiger partial charge in [-0.2, -0.15) is 0 Å². The van der Waals surface area contributed by atoms with Crippen molar-refractivity contribution in [3.8, 4) is 0 Å². The van der Waals surface area contributed by atoms with Crippen LogP contribution in [0.25, 0.3) is 0 Å². The molecule has 1 aliphatic rings. The summed E-state index contributed by atoms with van der Waals surface area (Å²) in [6, 6.07) is 5.47. The third-order valence-corrected chi connectivity index (χ3v) is 3.09. The van der Waals surface area contributed by atoms with E-state index in [0.717, 1.165) is 37.2 Å². The van der Waals surface area contributed by atoms with Crippen molar-refractivity contribution in [2.45, 2.75) is 25.9 Å². The van der Waals surface area contributed by atoms with Gasteiger partial charge in [0.25, 0.3) is 0 Å². The number of nitroso groups, excluding NO2 is 1. The van der Waals surface area contributed by atoms with E-state index in [2.05, 4.69) is 10.1 Å². The summed E-state index contributed by atoms with van der Waals surface area (Å²) < 4.78 is 0. The van der Waals surface area contributed by atoms with Gasteiger partial charge in [-0.3, -0.25) is 0 Å². The Labute approximate surface area is 94.9 Å². The fraction of sp³-hybridized carbons (Fsp3) is 0.500. The number of aliphatic hydroxyl groups excluding tert-OH is 1. The number of nitrogens with zero attached hydrogens (tertiary/aromatic N) is 2. The second-order valence-electron chi connectivity index (χ2n) is 4.28. The molecule has 0 amide bonds. The lowest BCUT2D eigenvalue weighted by Crippen LogP contribution is -2.36.